The van der Waals surface area contributed by atoms with Crippen molar-refractivity contribution in [1.29, 1.82) is 0 Å². The standard InChI is InChI=1S/C22H22FN5O/c1-14-16-12-24-28-10-5-19(25-20(16)28)27(2)22(8-9-22)17-11-15(23)3-4-18(17)29-13-21(26-14)6-7-21/h3-5,10-12,26H,1,6-9,13H2,2H3. The van der Waals surface area contributed by atoms with Crippen molar-refractivity contribution in [2.45, 2.75) is 36.8 Å². The van der Waals surface area contributed by atoms with Gasteiger partial charge in [0.1, 0.15) is 24.0 Å². The number of hydrogen-bond donors (Lipinski definition) is 1. The van der Waals surface area contributed by atoms with Crippen LogP contribution >= 0.6 is 0 Å². The Bertz CT molecular complexity index is 1160. The number of rotatable bonds is 0. The van der Waals surface area contributed by atoms with Gasteiger partial charge in [-0.3, -0.25) is 0 Å². The number of fused-ring (bicyclic) bond motifs is 3. The van der Waals surface area contributed by atoms with E-state index in [2.05, 4.69) is 21.9 Å². The van der Waals surface area contributed by atoms with Crippen LogP contribution in [-0.4, -0.2) is 33.8 Å². The Morgan fingerprint density at radius 2 is 2.03 bits per heavy atom. The molecular weight excluding hydrogens is 369 g/mol. The molecule has 29 heavy (non-hydrogen) atoms. The van der Waals surface area contributed by atoms with Crippen molar-refractivity contribution in [3.8, 4) is 5.75 Å². The van der Waals surface area contributed by atoms with Crippen molar-refractivity contribution in [2.75, 3.05) is 18.6 Å². The average Bonchev–Trinajstić information content (AvgIpc) is 3.63. The third-order valence-electron chi connectivity index (χ3n) is 6.61. The van der Waals surface area contributed by atoms with E-state index in [0.717, 1.165) is 59.7 Å². The molecule has 6 nitrogen and oxygen atoms in total. The van der Waals surface area contributed by atoms with Crippen LogP contribution in [0.1, 0.15) is 36.8 Å². The zero-order valence-electron chi connectivity index (χ0n) is 16.3. The highest BCUT2D eigenvalue weighted by atomic mass is 19.1. The zero-order chi connectivity index (χ0) is 19.8. The highest BCUT2D eigenvalue weighted by Gasteiger charge is 2.51. The molecule has 2 aromatic heterocycles. The number of benzene rings is 1. The Labute approximate surface area is 168 Å². The summed E-state index contributed by atoms with van der Waals surface area (Å²) < 4.78 is 22.3. The maximum absolute atomic E-state index is 14.2. The molecule has 2 saturated carbocycles. The van der Waals surface area contributed by atoms with Crippen LogP contribution in [-0.2, 0) is 5.54 Å². The van der Waals surface area contributed by atoms with E-state index in [1.165, 1.54) is 6.07 Å². The number of ether oxygens (including phenoxy) is 1. The molecule has 2 spiro atoms. The molecule has 6 rings (SSSR count). The molecule has 3 heterocycles. The van der Waals surface area contributed by atoms with Crippen LogP contribution in [0.4, 0.5) is 10.2 Å². The van der Waals surface area contributed by atoms with Crippen LogP contribution < -0.4 is 15.0 Å². The fraction of sp³-hybridized carbons (Fsp3) is 0.364. The van der Waals surface area contributed by atoms with E-state index in [1.807, 2.05) is 19.3 Å². The number of anilines is 1. The molecule has 3 aliphatic rings. The van der Waals surface area contributed by atoms with Crippen LogP contribution in [0.3, 0.4) is 0 Å². The lowest BCUT2D eigenvalue weighted by Crippen LogP contribution is -2.36. The van der Waals surface area contributed by atoms with Gasteiger partial charge in [0.15, 0.2) is 5.65 Å². The second-order valence-electron chi connectivity index (χ2n) is 8.52. The molecular formula is C22H22FN5O. The van der Waals surface area contributed by atoms with E-state index in [0.29, 0.717) is 6.61 Å². The number of aromatic nitrogens is 3. The summed E-state index contributed by atoms with van der Waals surface area (Å²) in [5.74, 6) is 1.32. The first-order valence-electron chi connectivity index (χ1n) is 9.98. The van der Waals surface area contributed by atoms with Gasteiger partial charge in [-0.15, -0.1) is 0 Å². The van der Waals surface area contributed by atoms with Gasteiger partial charge < -0.3 is 15.0 Å². The Kier molecular flexibility index (Phi) is 3.19. The number of hydrogen-bond acceptors (Lipinski definition) is 5. The zero-order valence-corrected chi connectivity index (χ0v) is 16.3. The molecule has 0 amide bonds. The smallest absolute Gasteiger partial charge is 0.166 e. The van der Waals surface area contributed by atoms with Crippen molar-refractivity contribution in [3.63, 3.8) is 0 Å². The molecule has 7 heteroatoms. The van der Waals surface area contributed by atoms with Gasteiger partial charge in [0.25, 0.3) is 0 Å². The minimum absolute atomic E-state index is 0.148. The van der Waals surface area contributed by atoms with Crippen LogP contribution in [0.15, 0.2) is 43.2 Å². The van der Waals surface area contributed by atoms with E-state index in [9.17, 15) is 4.39 Å². The van der Waals surface area contributed by atoms with Gasteiger partial charge in [-0.05, 0) is 49.9 Å². The van der Waals surface area contributed by atoms with E-state index in [-0.39, 0.29) is 16.9 Å². The van der Waals surface area contributed by atoms with Gasteiger partial charge in [-0.1, -0.05) is 6.58 Å². The monoisotopic (exact) mass is 391 g/mol. The number of halogens is 1. The summed E-state index contributed by atoms with van der Waals surface area (Å²) in [6.45, 7) is 4.76. The maximum atomic E-state index is 14.2. The molecule has 0 unspecified atom stereocenters. The highest BCUT2D eigenvalue weighted by molar-refractivity contribution is 5.74. The van der Waals surface area contributed by atoms with Crippen molar-refractivity contribution >= 4 is 17.2 Å². The third kappa shape index (κ3) is 2.46. The Hall–Kier alpha value is -3.09. The summed E-state index contributed by atoms with van der Waals surface area (Å²) in [4.78, 5) is 7.05. The first-order valence-corrected chi connectivity index (χ1v) is 9.98. The van der Waals surface area contributed by atoms with E-state index >= 15 is 0 Å². The first-order chi connectivity index (χ1) is 14.0. The second-order valence-corrected chi connectivity index (χ2v) is 8.52. The van der Waals surface area contributed by atoms with Gasteiger partial charge >= 0.3 is 0 Å². The summed E-state index contributed by atoms with van der Waals surface area (Å²) in [5.41, 5.74) is 2.89. The summed E-state index contributed by atoms with van der Waals surface area (Å²) >= 11 is 0. The van der Waals surface area contributed by atoms with Crippen molar-refractivity contribution in [2.24, 2.45) is 0 Å². The summed E-state index contributed by atoms with van der Waals surface area (Å²) in [5, 5.41) is 7.98. The maximum Gasteiger partial charge on any atom is 0.166 e. The first kappa shape index (κ1) is 16.8. The van der Waals surface area contributed by atoms with Crippen LogP contribution in [0, 0.1) is 5.82 Å². The average molecular weight is 391 g/mol. The lowest BCUT2D eigenvalue weighted by molar-refractivity contribution is 0.261. The van der Waals surface area contributed by atoms with Gasteiger partial charge in [-0.25, -0.2) is 13.9 Å². The van der Waals surface area contributed by atoms with Crippen molar-refractivity contribution in [1.82, 2.24) is 19.9 Å². The summed E-state index contributed by atoms with van der Waals surface area (Å²) in [6.07, 6.45) is 7.58. The van der Waals surface area contributed by atoms with Gasteiger partial charge in [-0.2, -0.15) is 5.10 Å². The molecule has 2 aliphatic carbocycles. The third-order valence-corrected chi connectivity index (χ3v) is 6.61. The van der Waals surface area contributed by atoms with E-state index < -0.39 is 0 Å². The summed E-state index contributed by atoms with van der Waals surface area (Å²) in [6, 6.07) is 6.80. The fourth-order valence-electron chi connectivity index (χ4n) is 4.43. The van der Waals surface area contributed by atoms with Crippen LogP contribution in [0.2, 0.25) is 0 Å². The van der Waals surface area contributed by atoms with E-state index in [1.54, 1.807) is 22.8 Å². The predicted molar refractivity (Wildman–Crippen MR) is 108 cm³/mol. The SMILES string of the molecule is C=C1NC2(CC2)COc2ccc(F)cc2C2(CC2)N(C)c2ccn3ncc1c3n2. The molecule has 2 bridgehead atoms. The molecule has 3 aromatic rings. The Morgan fingerprint density at radius 1 is 1.21 bits per heavy atom. The second kappa shape index (κ2) is 5.49. The largest absolute Gasteiger partial charge is 0.491 e. The molecule has 1 N–H and O–H groups in total. The van der Waals surface area contributed by atoms with Crippen LogP contribution in [0.5, 0.6) is 5.75 Å². The minimum atomic E-state index is -0.307. The van der Waals surface area contributed by atoms with Crippen LogP contribution in [0.25, 0.3) is 11.3 Å². The van der Waals surface area contributed by atoms with Crippen molar-refractivity contribution < 1.29 is 9.13 Å². The molecule has 0 atom stereocenters. The molecule has 0 saturated heterocycles. The molecule has 1 aromatic carbocycles. The molecule has 0 radical (unpaired) electrons. The number of nitrogens with one attached hydrogen (secondary N) is 1. The molecule has 148 valence electrons. The quantitative estimate of drug-likeness (QED) is 0.636. The predicted octanol–water partition coefficient (Wildman–Crippen LogP) is 3.48. The lowest BCUT2D eigenvalue weighted by Gasteiger charge is -2.31. The normalized spacial score (nSPS) is 21.2. The van der Waals surface area contributed by atoms with Gasteiger partial charge in [0.2, 0.25) is 0 Å². The minimum Gasteiger partial charge on any atom is -0.491 e. The molecule has 1 aliphatic heterocycles. The summed E-state index contributed by atoms with van der Waals surface area (Å²) in [7, 11) is 2.02. The highest BCUT2D eigenvalue weighted by Crippen LogP contribution is 2.54. The van der Waals surface area contributed by atoms with E-state index in [4.69, 9.17) is 9.72 Å². The van der Waals surface area contributed by atoms with Gasteiger partial charge in [0, 0.05) is 24.5 Å². The van der Waals surface area contributed by atoms with Gasteiger partial charge in [0.05, 0.1) is 22.8 Å². The lowest BCUT2D eigenvalue weighted by atomic mass is 10.0. The Morgan fingerprint density at radius 3 is 2.79 bits per heavy atom. The topological polar surface area (TPSA) is 54.7 Å². The molecule has 2 fully saturated rings. The fourth-order valence-corrected chi connectivity index (χ4v) is 4.43. The Balaban J connectivity index is 1.55. The van der Waals surface area contributed by atoms with Crippen molar-refractivity contribution in [3.05, 3.63) is 60.2 Å². The number of nitrogens with zero attached hydrogens (tertiary/aromatic N) is 4.